The maximum absolute atomic E-state index is 12.7. The Labute approximate surface area is 175 Å². The molecule has 0 radical (unpaired) electrons. The van der Waals surface area contributed by atoms with Gasteiger partial charge in [0.2, 0.25) is 0 Å². The number of hydrogen-bond donors (Lipinski definition) is 1. The van der Waals surface area contributed by atoms with Gasteiger partial charge in [-0.15, -0.1) is 6.58 Å². The van der Waals surface area contributed by atoms with Crippen LogP contribution in [0.2, 0.25) is 0 Å². The van der Waals surface area contributed by atoms with Crippen LogP contribution in [-0.4, -0.2) is 53.5 Å². The summed E-state index contributed by atoms with van der Waals surface area (Å²) < 4.78 is 16.2. The highest BCUT2D eigenvalue weighted by Crippen LogP contribution is 2.24. The number of rotatable bonds is 8. The highest BCUT2D eigenvalue weighted by molar-refractivity contribution is 5.83. The lowest BCUT2D eigenvalue weighted by molar-refractivity contribution is -0.153. The van der Waals surface area contributed by atoms with Crippen LogP contribution in [0, 0.1) is 0 Å². The first kappa shape index (κ1) is 21.5. The van der Waals surface area contributed by atoms with E-state index in [9.17, 15) is 14.7 Å². The molecule has 0 aromatic heterocycles. The average molecular weight is 411 g/mol. The zero-order valence-electron chi connectivity index (χ0n) is 16.6. The largest absolute Gasteiger partial charge is 0.459 e. The second-order valence-electron chi connectivity index (χ2n) is 6.88. The molecule has 1 amide bonds. The number of amides is 1. The van der Waals surface area contributed by atoms with Crippen molar-refractivity contribution in [3.05, 3.63) is 84.4 Å². The summed E-state index contributed by atoms with van der Waals surface area (Å²) in [4.78, 5) is 26.6. The van der Waals surface area contributed by atoms with E-state index >= 15 is 0 Å². The lowest BCUT2D eigenvalue weighted by atomic mass is 10.1. The Hall–Kier alpha value is -3.16. The van der Waals surface area contributed by atoms with Crippen LogP contribution < -0.4 is 0 Å². The standard InChI is InChI=1S/C23H25NO6/c1-2-13-28-19-14-24(23(27)30-16-18-11-7-4-8-12-18)20(21(19)25)22(26)29-15-17-9-5-3-6-10-17/h2-12,19-21,25H,1,13-16H2. The number of likely N-dealkylation sites (tertiary alicyclic amines) is 1. The van der Waals surface area contributed by atoms with Gasteiger partial charge in [-0.3, -0.25) is 4.90 Å². The van der Waals surface area contributed by atoms with Gasteiger partial charge < -0.3 is 19.3 Å². The van der Waals surface area contributed by atoms with Crippen molar-refractivity contribution in [2.75, 3.05) is 13.2 Å². The monoisotopic (exact) mass is 411 g/mol. The summed E-state index contributed by atoms with van der Waals surface area (Å²) >= 11 is 0. The van der Waals surface area contributed by atoms with Gasteiger partial charge in [-0.25, -0.2) is 9.59 Å². The molecule has 1 N–H and O–H groups in total. The number of hydrogen-bond acceptors (Lipinski definition) is 6. The number of aliphatic hydroxyl groups is 1. The number of benzene rings is 2. The van der Waals surface area contributed by atoms with Crippen molar-refractivity contribution in [1.29, 1.82) is 0 Å². The van der Waals surface area contributed by atoms with E-state index in [0.717, 1.165) is 16.0 Å². The fourth-order valence-electron chi connectivity index (χ4n) is 3.22. The normalized spacial score (nSPS) is 20.6. The fourth-order valence-corrected chi connectivity index (χ4v) is 3.22. The van der Waals surface area contributed by atoms with Gasteiger partial charge in [0.1, 0.15) is 25.4 Å². The molecule has 1 aliphatic heterocycles. The van der Waals surface area contributed by atoms with Crippen molar-refractivity contribution in [1.82, 2.24) is 4.90 Å². The van der Waals surface area contributed by atoms with Gasteiger partial charge in [-0.1, -0.05) is 66.7 Å². The number of carbonyl (C=O) groups is 2. The molecule has 1 aliphatic rings. The summed E-state index contributed by atoms with van der Waals surface area (Å²) in [6, 6.07) is 17.1. The number of nitrogens with zero attached hydrogens (tertiary/aromatic N) is 1. The molecule has 0 spiro atoms. The van der Waals surface area contributed by atoms with E-state index in [2.05, 4.69) is 6.58 Å². The summed E-state index contributed by atoms with van der Waals surface area (Å²) in [6.45, 7) is 3.85. The van der Waals surface area contributed by atoms with Gasteiger partial charge in [0.05, 0.1) is 13.2 Å². The first-order chi connectivity index (χ1) is 14.6. The number of aliphatic hydroxyl groups excluding tert-OH is 1. The molecule has 158 valence electrons. The van der Waals surface area contributed by atoms with Crippen molar-refractivity contribution in [3.63, 3.8) is 0 Å². The van der Waals surface area contributed by atoms with E-state index in [4.69, 9.17) is 14.2 Å². The molecular weight excluding hydrogens is 386 g/mol. The van der Waals surface area contributed by atoms with E-state index in [1.165, 1.54) is 6.08 Å². The summed E-state index contributed by atoms with van der Waals surface area (Å²) in [7, 11) is 0. The van der Waals surface area contributed by atoms with Gasteiger partial charge in [0, 0.05) is 0 Å². The summed E-state index contributed by atoms with van der Waals surface area (Å²) in [5, 5.41) is 10.6. The van der Waals surface area contributed by atoms with Crippen LogP contribution in [0.4, 0.5) is 4.79 Å². The Morgan fingerprint density at radius 2 is 1.57 bits per heavy atom. The Kier molecular flexibility index (Phi) is 7.59. The predicted octanol–water partition coefficient (Wildman–Crippen LogP) is 2.68. The SMILES string of the molecule is C=CCOC1CN(C(=O)OCc2ccccc2)C(C(=O)OCc2ccccc2)C1O. The molecule has 30 heavy (non-hydrogen) atoms. The second-order valence-corrected chi connectivity index (χ2v) is 6.88. The summed E-state index contributed by atoms with van der Waals surface area (Å²) in [5.74, 6) is -0.715. The molecule has 0 saturated carbocycles. The fraction of sp³-hybridized carbons (Fsp3) is 0.304. The summed E-state index contributed by atoms with van der Waals surface area (Å²) in [6.07, 6.45) is -1.17. The molecule has 2 aromatic rings. The summed E-state index contributed by atoms with van der Waals surface area (Å²) in [5.41, 5.74) is 1.62. The molecule has 0 aliphatic carbocycles. The predicted molar refractivity (Wildman–Crippen MR) is 109 cm³/mol. The van der Waals surface area contributed by atoms with E-state index in [-0.39, 0.29) is 26.4 Å². The van der Waals surface area contributed by atoms with Gasteiger partial charge in [-0.05, 0) is 11.1 Å². The molecule has 3 atom stereocenters. The van der Waals surface area contributed by atoms with E-state index in [1.54, 1.807) is 0 Å². The van der Waals surface area contributed by atoms with Crippen LogP contribution in [-0.2, 0) is 32.2 Å². The van der Waals surface area contributed by atoms with Crippen LogP contribution in [0.25, 0.3) is 0 Å². The lowest BCUT2D eigenvalue weighted by Crippen LogP contribution is -2.46. The number of carbonyl (C=O) groups excluding carboxylic acids is 2. The zero-order valence-corrected chi connectivity index (χ0v) is 16.6. The molecule has 1 fully saturated rings. The third-order valence-electron chi connectivity index (χ3n) is 4.75. The highest BCUT2D eigenvalue weighted by Gasteiger charge is 2.49. The maximum atomic E-state index is 12.7. The van der Waals surface area contributed by atoms with Crippen LogP contribution in [0.1, 0.15) is 11.1 Å². The molecular formula is C23H25NO6. The van der Waals surface area contributed by atoms with Crippen molar-refractivity contribution in [3.8, 4) is 0 Å². The minimum absolute atomic E-state index is 0.00767. The van der Waals surface area contributed by atoms with Crippen molar-refractivity contribution in [2.24, 2.45) is 0 Å². The van der Waals surface area contributed by atoms with Gasteiger partial charge >= 0.3 is 12.1 Å². The molecule has 3 unspecified atom stereocenters. The zero-order chi connectivity index (χ0) is 21.3. The van der Waals surface area contributed by atoms with E-state index < -0.39 is 30.3 Å². The lowest BCUT2D eigenvalue weighted by Gasteiger charge is -2.23. The Morgan fingerprint density at radius 1 is 1.00 bits per heavy atom. The molecule has 0 bridgehead atoms. The molecule has 7 nitrogen and oxygen atoms in total. The average Bonchev–Trinajstić information content (AvgIpc) is 3.12. The van der Waals surface area contributed by atoms with Gasteiger partial charge in [0.25, 0.3) is 0 Å². The van der Waals surface area contributed by atoms with Crippen molar-refractivity contribution >= 4 is 12.1 Å². The first-order valence-corrected chi connectivity index (χ1v) is 9.68. The van der Waals surface area contributed by atoms with Crippen LogP contribution in [0.15, 0.2) is 73.3 Å². The minimum atomic E-state index is -1.24. The van der Waals surface area contributed by atoms with Crippen LogP contribution >= 0.6 is 0 Å². The van der Waals surface area contributed by atoms with Crippen LogP contribution in [0.3, 0.4) is 0 Å². The van der Waals surface area contributed by atoms with Crippen molar-refractivity contribution in [2.45, 2.75) is 31.5 Å². The van der Waals surface area contributed by atoms with E-state index in [1.807, 2.05) is 60.7 Å². The quantitative estimate of drug-likeness (QED) is 0.531. The third-order valence-corrected chi connectivity index (χ3v) is 4.75. The Bertz CT molecular complexity index is 841. The minimum Gasteiger partial charge on any atom is -0.459 e. The topological polar surface area (TPSA) is 85.3 Å². The molecule has 3 rings (SSSR count). The van der Waals surface area contributed by atoms with Crippen molar-refractivity contribution < 1.29 is 28.9 Å². The van der Waals surface area contributed by atoms with Crippen LogP contribution in [0.5, 0.6) is 0 Å². The smallest absolute Gasteiger partial charge is 0.411 e. The molecule has 7 heteroatoms. The van der Waals surface area contributed by atoms with Gasteiger partial charge in [-0.2, -0.15) is 0 Å². The highest BCUT2D eigenvalue weighted by atomic mass is 16.6. The Balaban J connectivity index is 1.67. The second kappa shape index (κ2) is 10.6. The Morgan fingerprint density at radius 3 is 2.13 bits per heavy atom. The number of esters is 1. The molecule has 1 heterocycles. The maximum Gasteiger partial charge on any atom is 0.411 e. The van der Waals surface area contributed by atoms with E-state index in [0.29, 0.717) is 0 Å². The molecule has 2 aromatic carbocycles. The van der Waals surface area contributed by atoms with Gasteiger partial charge in [0.15, 0.2) is 6.04 Å². The molecule has 1 saturated heterocycles. The first-order valence-electron chi connectivity index (χ1n) is 9.68. The number of ether oxygens (including phenoxy) is 3. The third kappa shape index (κ3) is 5.46.